The second kappa shape index (κ2) is 6.34. The molecule has 4 aromatic rings. The van der Waals surface area contributed by atoms with E-state index in [-0.39, 0.29) is 23.5 Å². The molecule has 0 aliphatic carbocycles. The van der Waals surface area contributed by atoms with Crippen LogP contribution in [-0.4, -0.2) is 27.5 Å². The molecule has 1 N–H and O–H groups in total. The molecular weight excluding hydrogens is 357 g/mol. The molecule has 2 aromatic heterocycles. The molecule has 5 rings (SSSR count). The molecule has 0 unspecified atom stereocenters. The molecule has 2 aromatic carbocycles. The van der Waals surface area contributed by atoms with Crippen LogP contribution in [0.4, 0.5) is 4.39 Å². The number of fused-ring (bicyclic) bond motifs is 3. The molecule has 0 spiro atoms. The van der Waals surface area contributed by atoms with Crippen LogP contribution in [-0.2, 0) is 6.42 Å². The molecule has 5 nitrogen and oxygen atoms in total. The maximum absolute atomic E-state index is 13.5. The van der Waals surface area contributed by atoms with E-state index in [2.05, 4.69) is 16.2 Å². The average molecular weight is 375 g/mol. The Labute approximate surface area is 160 Å². The first-order valence-electron chi connectivity index (χ1n) is 9.21. The lowest BCUT2D eigenvalue weighted by atomic mass is 9.92. The predicted octanol–water partition coefficient (Wildman–Crippen LogP) is 4.39. The van der Waals surface area contributed by atoms with Crippen LogP contribution < -0.4 is 0 Å². The van der Waals surface area contributed by atoms with Crippen molar-refractivity contribution in [1.82, 2.24) is 15.0 Å². The third-order valence-electron chi connectivity index (χ3n) is 5.33. The Morgan fingerprint density at radius 2 is 2.00 bits per heavy atom. The predicted molar refractivity (Wildman–Crippen MR) is 103 cm³/mol. The van der Waals surface area contributed by atoms with Gasteiger partial charge in [0.1, 0.15) is 11.6 Å². The molecule has 0 saturated heterocycles. The van der Waals surface area contributed by atoms with Crippen LogP contribution >= 0.6 is 0 Å². The second-order valence-electron chi connectivity index (χ2n) is 7.09. The van der Waals surface area contributed by atoms with Gasteiger partial charge in [0.05, 0.1) is 6.04 Å². The molecule has 0 radical (unpaired) electrons. The van der Waals surface area contributed by atoms with Crippen molar-refractivity contribution in [2.24, 2.45) is 0 Å². The summed E-state index contributed by atoms with van der Waals surface area (Å²) in [6.45, 7) is 2.30. The minimum atomic E-state index is -0.346. The zero-order valence-electron chi connectivity index (χ0n) is 15.3. The molecule has 28 heavy (non-hydrogen) atoms. The molecule has 1 amide bonds. The fourth-order valence-corrected chi connectivity index (χ4v) is 4.07. The summed E-state index contributed by atoms with van der Waals surface area (Å²) in [5, 5.41) is 5.06. The van der Waals surface area contributed by atoms with E-state index < -0.39 is 0 Å². The van der Waals surface area contributed by atoms with Crippen LogP contribution in [0.25, 0.3) is 10.9 Å². The molecule has 0 bridgehead atoms. The topological polar surface area (TPSA) is 62.1 Å². The average Bonchev–Trinajstić information content (AvgIpc) is 3.31. The van der Waals surface area contributed by atoms with Crippen molar-refractivity contribution in [1.29, 1.82) is 0 Å². The Hall–Kier alpha value is -3.41. The second-order valence-corrected chi connectivity index (χ2v) is 7.09. The van der Waals surface area contributed by atoms with Gasteiger partial charge in [0.25, 0.3) is 5.91 Å². The minimum absolute atomic E-state index is 0.199. The fraction of sp³-hybridized carbons (Fsp3) is 0.182. The maximum Gasteiger partial charge on any atom is 0.276 e. The molecule has 6 heteroatoms. The van der Waals surface area contributed by atoms with Gasteiger partial charge in [-0.25, -0.2) is 4.39 Å². The molecule has 1 aliphatic rings. The molecule has 3 heterocycles. The van der Waals surface area contributed by atoms with Crippen molar-refractivity contribution in [2.45, 2.75) is 19.4 Å². The van der Waals surface area contributed by atoms with Gasteiger partial charge in [-0.2, -0.15) is 0 Å². The van der Waals surface area contributed by atoms with Gasteiger partial charge in [0.2, 0.25) is 0 Å². The Bertz CT molecular complexity index is 1180. The zero-order valence-corrected chi connectivity index (χ0v) is 15.3. The molecular formula is C22H18FN3O2. The SMILES string of the molecule is Cc1cc(C(=O)N2CCc3c([nH]c4ccccc34)[C@H]2c2ccc(F)cc2)no1. The van der Waals surface area contributed by atoms with E-state index in [1.54, 1.807) is 30.0 Å². The van der Waals surface area contributed by atoms with Crippen molar-refractivity contribution >= 4 is 16.8 Å². The number of carbonyl (C=O) groups is 1. The zero-order chi connectivity index (χ0) is 19.3. The summed E-state index contributed by atoms with van der Waals surface area (Å²) in [5.41, 5.74) is 4.33. The lowest BCUT2D eigenvalue weighted by Gasteiger charge is -2.35. The van der Waals surface area contributed by atoms with Crippen LogP contribution in [0.1, 0.15) is 39.1 Å². The number of hydrogen-bond donors (Lipinski definition) is 1. The van der Waals surface area contributed by atoms with Crippen LogP contribution in [0.5, 0.6) is 0 Å². The van der Waals surface area contributed by atoms with Crippen LogP contribution in [0, 0.1) is 12.7 Å². The van der Waals surface area contributed by atoms with Gasteiger partial charge in [-0.15, -0.1) is 0 Å². The summed E-state index contributed by atoms with van der Waals surface area (Å²) >= 11 is 0. The van der Waals surface area contributed by atoms with Crippen molar-refractivity contribution in [3.63, 3.8) is 0 Å². The first kappa shape index (κ1) is 16.7. The highest BCUT2D eigenvalue weighted by Crippen LogP contribution is 2.39. The molecule has 140 valence electrons. The summed E-state index contributed by atoms with van der Waals surface area (Å²) in [7, 11) is 0. The number of benzene rings is 2. The quantitative estimate of drug-likeness (QED) is 0.565. The highest BCUT2D eigenvalue weighted by molar-refractivity contribution is 5.94. The maximum atomic E-state index is 13.5. The number of nitrogens with one attached hydrogen (secondary N) is 1. The standard InChI is InChI=1S/C22H18FN3O2/c1-13-12-19(25-28-13)22(27)26-11-10-17-16-4-2-3-5-18(16)24-20(17)21(26)14-6-8-15(23)9-7-14/h2-9,12,21,24H,10-11H2,1H3/t21-/m1/s1. The monoisotopic (exact) mass is 375 g/mol. The summed E-state index contributed by atoms with van der Waals surface area (Å²) in [6, 6.07) is 15.7. The molecule has 1 atom stereocenters. The van der Waals surface area contributed by atoms with Gasteiger partial charge in [-0.1, -0.05) is 35.5 Å². The third-order valence-corrected chi connectivity index (χ3v) is 5.33. The van der Waals surface area contributed by atoms with E-state index in [0.717, 1.165) is 28.6 Å². The Morgan fingerprint density at radius 1 is 1.21 bits per heavy atom. The number of para-hydroxylation sites is 1. The number of amides is 1. The third kappa shape index (κ3) is 2.60. The minimum Gasteiger partial charge on any atom is -0.361 e. The van der Waals surface area contributed by atoms with E-state index in [1.807, 2.05) is 18.2 Å². The van der Waals surface area contributed by atoms with Crippen molar-refractivity contribution in [2.75, 3.05) is 6.54 Å². The first-order chi connectivity index (χ1) is 13.6. The number of halogens is 1. The van der Waals surface area contributed by atoms with Gasteiger partial charge < -0.3 is 14.4 Å². The number of carbonyl (C=O) groups excluding carboxylic acids is 1. The van der Waals surface area contributed by atoms with E-state index in [0.29, 0.717) is 12.3 Å². The number of aromatic amines is 1. The summed E-state index contributed by atoms with van der Waals surface area (Å²) in [6.07, 6.45) is 0.736. The lowest BCUT2D eigenvalue weighted by Crippen LogP contribution is -2.40. The smallest absolute Gasteiger partial charge is 0.276 e. The highest BCUT2D eigenvalue weighted by Gasteiger charge is 2.35. The number of hydrogen-bond acceptors (Lipinski definition) is 3. The van der Waals surface area contributed by atoms with Crippen LogP contribution in [0.2, 0.25) is 0 Å². The lowest BCUT2D eigenvalue weighted by molar-refractivity contribution is 0.0681. The molecule has 1 aliphatic heterocycles. The van der Waals surface area contributed by atoms with Gasteiger partial charge in [-0.3, -0.25) is 4.79 Å². The Kier molecular flexibility index (Phi) is 3.79. The summed E-state index contributed by atoms with van der Waals surface area (Å²) in [4.78, 5) is 18.5. The van der Waals surface area contributed by atoms with Gasteiger partial charge in [0, 0.05) is 29.2 Å². The first-order valence-corrected chi connectivity index (χ1v) is 9.21. The van der Waals surface area contributed by atoms with E-state index in [9.17, 15) is 9.18 Å². The fourth-order valence-electron chi connectivity index (χ4n) is 4.07. The highest BCUT2D eigenvalue weighted by atomic mass is 19.1. The number of aromatic nitrogens is 2. The normalized spacial score (nSPS) is 16.4. The van der Waals surface area contributed by atoms with Crippen LogP contribution in [0.15, 0.2) is 59.1 Å². The van der Waals surface area contributed by atoms with E-state index in [1.165, 1.54) is 17.7 Å². The van der Waals surface area contributed by atoms with Gasteiger partial charge in [0.15, 0.2) is 5.69 Å². The summed E-state index contributed by atoms with van der Waals surface area (Å²) < 4.78 is 18.6. The number of rotatable bonds is 2. The Morgan fingerprint density at radius 3 is 2.75 bits per heavy atom. The molecule has 0 fully saturated rings. The van der Waals surface area contributed by atoms with E-state index in [4.69, 9.17) is 4.52 Å². The number of nitrogens with zero attached hydrogens (tertiary/aromatic N) is 2. The largest absolute Gasteiger partial charge is 0.361 e. The number of H-pyrrole nitrogens is 1. The summed E-state index contributed by atoms with van der Waals surface area (Å²) in [5.74, 6) is 0.0851. The van der Waals surface area contributed by atoms with Crippen molar-refractivity contribution in [3.8, 4) is 0 Å². The number of aryl methyl sites for hydroxylation is 1. The Balaban J connectivity index is 1.67. The molecule has 0 saturated carbocycles. The van der Waals surface area contributed by atoms with E-state index >= 15 is 0 Å². The van der Waals surface area contributed by atoms with Crippen LogP contribution in [0.3, 0.4) is 0 Å². The van der Waals surface area contributed by atoms with Crippen molar-refractivity contribution in [3.05, 3.63) is 88.7 Å². The van der Waals surface area contributed by atoms with Gasteiger partial charge in [-0.05, 0) is 42.7 Å². The van der Waals surface area contributed by atoms with Gasteiger partial charge >= 0.3 is 0 Å². The van der Waals surface area contributed by atoms with Crippen molar-refractivity contribution < 1.29 is 13.7 Å².